The minimum Gasteiger partial charge on any atom is -0.349 e. The first-order valence-corrected chi connectivity index (χ1v) is 8.38. The molecule has 1 aliphatic heterocycles. The molecule has 0 unspecified atom stereocenters. The Labute approximate surface area is 157 Å². The lowest BCUT2D eigenvalue weighted by atomic mass is 10.1. The number of hydrogen-bond donors (Lipinski definition) is 3. The summed E-state index contributed by atoms with van der Waals surface area (Å²) in [5.74, 6) is 0.812. The molecule has 1 aromatic heterocycles. The van der Waals surface area contributed by atoms with E-state index in [1.165, 1.54) is 6.33 Å². The Morgan fingerprint density at radius 3 is 2.54 bits per heavy atom. The molecule has 6 nitrogen and oxygen atoms in total. The monoisotopic (exact) mass is 389 g/mol. The van der Waals surface area contributed by atoms with Crippen molar-refractivity contribution in [2.24, 2.45) is 0 Å². The SMILES string of the molecule is Cl.Cl.O=C(NC1CCNCC1)c1ccc(CSc2ncn[nH]2)cc1. The first-order chi connectivity index (χ1) is 10.8. The van der Waals surface area contributed by atoms with Crippen molar-refractivity contribution in [2.75, 3.05) is 13.1 Å². The molecular formula is C15H21Cl2N5OS. The van der Waals surface area contributed by atoms with Crippen molar-refractivity contribution >= 4 is 42.5 Å². The molecule has 0 saturated carbocycles. The summed E-state index contributed by atoms with van der Waals surface area (Å²) in [5.41, 5.74) is 1.87. The van der Waals surface area contributed by atoms with Crippen LogP contribution in [-0.2, 0) is 5.75 Å². The van der Waals surface area contributed by atoms with E-state index in [0.717, 1.165) is 42.4 Å². The Balaban J connectivity index is 0.00000144. The van der Waals surface area contributed by atoms with Crippen molar-refractivity contribution in [1.82, 2.24) is 25.8 Å². The lowest BCUT2D eigenvalue weighted by Crippen LogP contribution is -2.42. The van der Waals surface area contributed by atoms with Crippen LogP contribution in [-0.4, -0.2) is 40.2 Å². The number of piperidine rings is 1. The first-order valence-electron chi connectivity index (χ1n) is 7.40. The highest BCUT2D eigenvalue weighted by molar-refractivity contribution is 7.98. The van der Waals surface area contributed by atoms with E-state index in [1.807, 2.05) is 24.3 Å². The molecule has 0 atom stereocenters. The Morgan fingerprint density at radius 1 is 1.21 bits per heavy atom. The number of carbonyl (C=O) groups is 1. The van der Waals surface area contributed by atoms with Crippen LogP contribution in [0, 0.1) is 0 Å². The molecule has 132 valence electrons. The van der Waals surface area contributed by atoms with Gasteiger partial charge in [-0.2, -0.15) is 5.10 Å². The van der Waals surface area contributed by atoms with E-state index in [9.17, 15) is 4.79 Å². The number of thioether (sulfide) groups is 1. The van der Waals surface area contributed by atoms with Crippen LogP contribution >= 0.6 is 36.6 Å². The molecule has 2 aromatic rings. The number of H-pyrrole nitrogens is 1. The van der Waals surface area contributed by atoms with Crippen LogP contribution in [0.15, 0.2) is 35.7 Å². The van der Waals surface area contributed by atoms with E-state index in [2.05, 4.69) is 25.8 Å². The first kappa shape index (κ1) is 20.8. The number of halogens is 2. The molecule has 1 aromatic carbocycles. The van der Waals surface area contributed by atoms with Crippen molar-refractivity contribution in [3.63, 3.8) is 0 Å². The van der Waals surface area contributed by atoms with E-state index in [-0.39, 0.29) is 36.8 Å². The Kier molecular flexibility index (Phi) is 9.13. The second-order valence-corrected chi connectivity index (χ2v) is 6.24. The van der Waals surface area contributed by atoms with Gasteiger partial charge in [0.1, 0.15) is 6.33 Å². The largest absolute Gasteiger partial charge is 0.349 e. The molecule has 0 bridgehead atoms. The van der Waals surface area contributed by atoms with Crippen LogP contribution in [0.4, 0.5) is 0 Å². The number of carbonyl (C=O) groups excluding carboxylic acids is 1. The van der Waals surface area contributed by atoms with Gasteiger partial charge in [0.2, 0.25) is 0 Å². The predicted octanol–water partition coefficient (Wildman–Crippen LogP) is 2.42. The molecule has 24 heavy (non-hydrogen) atoms. The third-order valence-corrected chi connectivity index (χ3v) is 4.61. The van der Waals surface area contributed by atoms with E-state index in [0.29, 0.717) is 5.56 Å². The predicted molar refractivity (Wildman–Crippen MR) is 100 cm³/mol. The van der Waals surface area contributed by atoms with Gasteiger partial charge in [-0.05, 0) is 43.6 Å². The van der Waals surface area contributed by atoms with Crippen LogP contribution < -0.4 is 10.6 Å². The zero-order chi connectivity index (χ0) is 15.2. The van der Waals surface area contributed by atoms with Crippen LogP contribution in [0.2, 0.25) is 0 Å². The topological polar surface area (TPSA) is 82.7 Å². The number of rotatable bonds is 5. The highest BCUT2D eigenvalue weighted by Gasteiger charge is 2.16. The van der Waals surface area contributed by atoms with Gasteiger partial charge in [0.05, 0.1) is 0 Å². The average molecular weight is 390 g/mol. The van der Waals surface area contributed by atoms with Crippen LogP contribution in [0.5, 0.6) is 0 Å². The zero-order valence-electron chi connectivity index (χ0n) is 13.0. The van der Waals surface area contributed by atoms with Crippen molar-refractivity contribution in [1.29, 1.82) is 0 Å². The maximum atomic E-state index is 12.2. The molecule has 1 amide bonds. The van der Waals surface area contributed by atoms with Gasteiger partial charge in [-0.1, -0.05) is 23.9 Å². The summed E-state index contributed by atoms with van der Waals surface area (Å²) < 4.78 is 0. The number of benzene rings is 1. The number of aromatic nitrogens is 3. The lowest BCUT2D eigenvalue weighted by molar-refractivity contribution is 0.0929. The maximum Gasteiger partial charge on any atom is 0.251 e. The fraction of sp³-hybridized carbons (Fsp3) is 0.400. The molecule has 0 radical (unpaired) electrons. The van der Waals surface area contributed by atoms with Gasteiger partial charge in [-0.15, -0.1) is 24.8 Å². The van der Waals surface area contributed by atoms with E-state index in [1.54, 1.807) is 11.8 Å². The fourth-order valence-electron chi connectivity index (χ4n) is 2.40. The Hall–Kier alpha value is -1.28. The summed E-state index contributed by atoms with van der Waals surface area (Å²) in [6.07, 6.45) is 3.49. The quantitative estimate of drug-likeness (QED) is 0.683. The number of hydrogen-bond acceptors (Lipinski definition) is 5. The van der Waals surface area contributed by atoms with Crippen molar-refractivity contribution in [3.8, 4) is 0 Å². The van der Waals surface area contributed by atoms with Crippen molar-refractivity contribution in [3.05, 3.63) is 41.7 Å². The smallest absolute Gasteiger partial charge is 0.251 e. The summed E-state index contributed by atoms with van der Waals surface area (Å²) in [6, 6.07) is 8.02. The normalized spacial score (nSPS) is 14.3. The number of nitrogens with zero attached hydrogens (tertiary/aromatic N) is 2. The summed E-state index contributed by atoms with van der Waals surface area (Å²) in [4.78, 5) is 16.3. The highest BCUT2D eigenvalue weighted by Crippen LogP contribution is 2.18. The number of amides is 1. The second-order valence-electron chi connectivity index (χ2n) is 5.27. The molecule has 3 N–H and O–H groups in total. The van der Waals surface area contributed by atoms with Crippen LogP contribution in [0.3, 0.4) is 0 Å². The molecule has 1 fully saturated rings. The summed E-state index contributed by atoms with van der Waals surface area (Å²) in [7, 11) is 0. The third-order valence-electron chi connectivity index (χ3n) is 3.66. The standard InChI is InChI=1S/C15H19N5OS.2ClH/c21-14(19-13-5-7-16-8-6-13)12-3-1-11(2-4-12)9-22-15-17-10-18-20-15;;/h1-4,10,13,16H,5-9H2,(H,19,21)(H,17,18,20);2*1H. The summed E-state index contributed by atoms with van der Waals surface area (Å²) in [6.45, 7) is 1.95. The average Bonchev–Trinajstić information content (AvgIpc) is 3.08. The Bertz CT molecular complexity index is 603. The summed E-state index contributed by atoms with van der Waals surface area (Å²) in [5, 5.41) is 13.8. The van der Waals surface area contributed by atoms with Crippen LogP contribution in [0.25, 0.3) is 0 Å². The van der Waals surface area contributed by atoms with Gasteiger partial charge in [0.15, 0.2) is 5.16 Å². The molecular weight excluding hydrogens is 369 g/mol. The third kappa shape index (κ3) is 5.98. The maximum absolute atomic E-state index is 12.2. The van der Waals surface area contributed by atoms with Gasteiger partial charge < -0.3 is 10.6 Å². The van der Waals surface area contributed by atoms with Gasteiger partial charge >= 0.3 is 0 Å². The number of nitrogens with one attached hydrogen (secondary N) is 3. The molecule has 0 spiro atoms. The van der Waals surface area contributed by atoms with Crippen molar-refractivity contribution in [2.45, 2.75) is 29.8 Å². The van der Waals surface area contributed by atoms with Crippen LogP contribution in [0.1, 0.15) is 28.8 Å². The number of aromatic amines is 1. The van der Waals surface area contributed by atoms with E-state index < -0.39 is 0 Å². The molecule has 9 heteroatoms. The second kappa shape index (κ2) is 10.6. The van der Waals surface area contributed by atoms with E-state index in [4.69, 9.17) is 0 Å². The highest BCUT2D eigenvalue weighted by atomic mass is 35.5. The van der Waals surface area contributed by atoms with Gasteiger partial charge in [0, 0.05) is 17.4 Å². The fourth-order valence-corrected chi connectivity index (χ4v) is 3.14. The van der Waals surface area contributed by atoms with Crippen molar-refractivity contribution < 1.29 is 4.79 Å². The lowest BCUT2D eigenvalue weighted by Gasteiger charge is -2.23. The Morgan fingerprint density at radius 2 is 1.92 bits per heavy atom. The molecule has 1 aliphatic rings. The van der Waals surface area contributed by atoms with E-state index >= 15 is 0 Å². The zero-order valence-corrected chi connectivity index (χ0v) is 15.5. The molecule has 3 rings (SSSR count). The minimum absolute atomic E-state index is 0. The van der Waals surface area contributed by atoms with Gasteiger partial charge in [-0.3, -0.25) is 9.89 Å². The molecule has 1 saturated heterocycles. The van der Waals surface area contributed by atoms with Gasteiger partial charge in [0.25, 0.3) is 5.91 Å². The molecule has 2 heterocycles. The summed E-state index contributed by atoms with van der Waals surface area (Å²) >= 11 is 1.59. The minimum atomic E-state index is 0. The molecule has 0 aliphatic carbocycles. The van der Waals surface area contributed by atoms with Gasteiger partial charge in [-0.25, -0.2) is 4.98 Å².